The van der Waals surface area contributed by atoms with E-state index in [2.05, 4.69) is 20.3 Å². The van der Waals surface area contributed by atoms with E-state index in [1.807, 2.05) is 49.4 Å². The summed E-state index contributed by atoms with van der Waals surface area (Å²) in [6.07, 6.45) is 3.41. The second kappa shape index (κ2) is 6.22. The molecule has 0 fully saturated rings. The number of anilines is 1. The zero-order chi connectivity index (χ0) is 15.4. The fourth-order valence-electron chi connectivity index (χ4n) is 2.01. The van der Waals surface area contributed by atoms with Crippen molar-refractivity contribution in [1.29, 1.82) is 0 Å². The Balaban J connectivity index is 1.97. The van der Waals surface area contributed by atoms with Gasteiger partial charge in [0.15, 0.2) is 0 Å². The summed E-state index contributed by atoms with van der Waals surface area (Å²) < 4.78 is 5.90. The highest BCUT2D eigenvalue weighted by molar-refractivity contribution is 5.65. The summed E-state index contributed by atoms with van der Waals surface area (Å²) in [7, 11) is 1.78. The molecule has 110 valence electrons. The minimum atomic E-state index is 0.520. The van der Waals surface area contributed by atoms with Gasteiger partial charge in [-0.05, 0) is 37.3 Å². The van der Waals surface area contributed by atoms with Gasteiger partial charge in [0, 0.05) is 19.4 Å². The molecule has 0 unspecified atom stereocenters. The van der Waals surface area contributed by atoms with Crippen LogP contribution in [0.4, 0.5) is 5.95 Å². The van der Waals surface area contributed by atoms with Crippen molar-refractivity contribution in [3.05, 3.63) is 60.4 Å². The van der Waals surface area contributed by atoms with Gasteiger partial charge >= 0.3 is 0 Å². The molecular weight excluding hydrogens is 276 g/mol. The lowest BCUT2D eigenvalue weighted by atomic mass is 10.2. The van der Waals surface area contributed by atoms with E-state index in [1.54, 1.807) is 19.4 Å². The van der Waals surface area contributed by atoms with Crippen molar-refractivity contribution >= 4 is 5.95 Å². The number of hydrogen-bond acceptors (Lipinski definition) is 5. The van der Waals surface area contributed by atoms with Crippen LogP contribution in [-0.4, -0.2) is 22.0 Å². The second-order valence-corrected chi connectivity index (χ2v) is 4.79. The average Bonchev–Trinajstić information content (AvgIpc) is 2.57. The summed E-state index contributed by atoms with van der Waals surface area (Å²) in [6, 6.07) is 13.5. The highest BCUT2D eigenvalue weighted by Gasteiger charge is 2.10. The van der Waals surface area contributed by atoms with Gasteiger partial charge in [-0.25, -0.2) is 15.0 Å². The van der Waals surface area contributed by atoms with Gasteiger partial charge in [-0.2, -0.15) is 0 Å². The minimum absolute atomic E-state index is 0.520. The Morgan fingerprint density at radius 2 is 1.77 bits per heavy atom. The van der Waals surface area contributed by atoms with Crippen LogP contribution in [0.3, 0.4) is 0 Å². The normalized spacial score (nSPS) is 10.3. The van der Waals surface area contributed by atoms with Gasteiger partial charge in [0.2, 0.25) is 11.8 Å². The molecule has 2 heterocycles. The first-order chi connectivity index (χ1) is 10.8. The van der Waals surface area contributed by atoms with Crippen molar-refractivity contribution in [2.24, 2.45) is 0 Å². The topological polar surface area (TPSA) is 59.9 Å². The summed E-state index contributed by atoms with van der Waals surface area (Å²) in [5.74, 6) is 1.82. The fourth-order valence-corrected chi connectivity index (χ4v) is 2.01. The van der Waals surface area contributed by atoms with Crippen LogP contribution in [0.25, 0.3) is 11.3 Å². The van der Waals surface area contributed by atoms with Gasteiger partial charge in [0.1, 0.15) is 5.75 Å². The molecule has 0 aliphatic heterocycles. The van der Waals surface area contributed by atoms with Crippen LogP contribution in [-0.2, 0) is 0 Å². The van der Waals surface area contributed by atoms with Gasteiger partial charge in [0.25, 0.3) is 0 Å². The highest BCUT2D eigenvalue weighted by atomic mass is 16.5. The Morgan fingerprint density at radius 3 is 2.55 bits per heavy atom. The van der Waals surface area contributed by atoms with E-state index >= 15 is 0 Å². The number of aromatic nitrogens is 3. The van der Waals surface area contributed by atoms with Crippen molar-refractivity contribution in [3.8, 4) is 22.9 Å². The van der Waals surface area contributed by atoms with Gasteiger partial charge in [-0.15, -0.1) is 0 Å². The third-order valence-corrected chi connectivity index (χ3v) is 3.16. The smallest absolute Gasteiger partial charge is 0.228 e. The highest BCUT2D eigenvalue weighted by Crippen LogP contribution is 2.30. The molecule has 0 bridgehead atoms. The van der Waals surface area contributed by atoms with E-state index in [0.29, 0.717) is 11.8 Å². The third-order valence-electron chi connectivity index (χ3n) is 3.16. The standard InChI is InChI=1S/C17H16N4O/c1-12-5-7-13(8-6-12)22-16-14(4-3-10-19-16)15-9-11-20-17(18-2)21-15/h3-11H,1-2H3,(H,18,20,21). The molecule has 2 aromatic heterocycles. The molecule has 1 N–H and O–H groups in total. The SMILES string of the molecule is CNc1nccc(-c2cccnc2Oc2ccc(C)cc2)n1. The van der Waals surface area contributed by atoms with Crippen LogP contribution in [0.15, 0.2) is 54.9 Å². The van der Waals surface area contributed by atoms with Gasteiger partial charge in [0.05, 0.1) is 11.3 Å². The predicted octanol–water partition coefficient (Wildman–Crippen LogP) is 3.68. The Morgan fingerprint density at radius 1 is 0.955 bits per heavy atom. The monoisotopic (exact) mass is 292 g/mol. The number of rotatable bonds is 4. The number of nitrogens with zero attached hydrogens (tertiary/aromatic N) is 3. The molecule has 3 aromatic rings. The largest absolute Gasteiger partial charge is 0.438 e. The molecule has 22 heavy (non-hydrogen) atoms. The molecule has 0 aliphatic carbocycles. The number of pyridine rings is 1. The summed E-state index contributed by atoms with van der Waals surface area (Å²) >= 11 is 0. The first-order valence-corrected chi connectivity index (χ1v) is 6.97. The number of aryl methyl sites for hydroxylation is 1. The molecule has 3 rings (SSSR count). The summed E-state index contributed by atoms with van der Waals surface area (Å²) in [4.78, 5) is 12.9. The third kappa shape index (κ3) is 3.03. The maximum absolute atomic E-state index is 5.90. The van der Waals surface area contributed by atoms with Crippen LogP contribution in [0.1, 0.15) is 5.56 Å². The molecule has 0 aliphatic rings. The summed E-state index contributed by atoms with van der Waals surface area (Å²) in [6.45, 7) is 2.04. The zero-order valence-electron chi connectivity index (χ0n) is 12.4. The molecule has 0 saturated heterocycles. The van der Waals surface area contributed by atoms with Crippen LogP contribution in [0.5, 0.6) is 11.6 Å². The lowest BCUT2D eigenvalue weighted by Gasteiger charge is -2.10. The Kier molecular flexibility index (Phi) is 3.96. The van der Waals surface area contributed by atoms with Crippen LogP contribution < -0.4 is 10.1 Å². The summed E-state index contributed by atoms with van der Waals surface area (Å²) in [5, 5.41) is 2.93. The first kappa shape index (κ1) is 14.0. The first-order valence-electron chi connectivity index (χ1n) is 6.97. The maximum atomic E-state index is 5.90. The quantitative estimate of drug-likeness (QED) is 0.795. The van der Waals surface area contributed by atoms with Crippen molar-refractivity contribution < 1.29 is 4.74 Å². The number of hydrogen-bond donors (Lipinski definition) is 1. The van der Waals surface area contributed by atoms with E-state index in [4.69, 9.17) is 4.74 Å². The van der Waals surface area contributed by atoms with Crippen LogP contribution >= 0.6 is 0 Å². The Bertz CT molecular complexity index is 772. The second-order valence-electron chi connectivity index (χ2n) is 4.79. The summed E-state index contributed by atoms with van der Waals surface area (Å²) in [5.41, 5.74) is 2.76. The van der Waals surface area contributed by atoms with Crippen molar-refractivity contribution in [2.45, 2.75) is 6.92 Å². The Hall–Kier alpha value is -2.95. The van der Waals surface area contributed by atoms with Gasteiger partial charge in [-0.1, -0.05) is 17.7 Å². The molecule has 1 aromatic carbocycles. The predicted molar refractivity (Wildman–Crippen MR) is 86.1 cm³/mol. The van der Waals surface area contributed by atoms with E-state index in [0.717, 1.165) is 17.0 Å². The molecule has 0 amide bonds. The van der Waals surface area contributed by atoms with E-state index in [9.17, 15) is 0 Å². The molecule has 0 spiro atoms. The fraction of sp³-hybridized carbons (Fsp3) is 0.118. The maximum Gasteiger partial charge on any atom is 0.228 e. The molecule has 0 radical (unpaired) electrons. The average molecular weight is 292 g/mol. The van der Waals surface area contributed by atoms with Gasteiger partial charge in [-0.3, -0.25) is 0 Å². The molecule has 0 atom stereocenters. The van der Waals surface area contributed by atoms with E-state index < -0.39 is 0 Å². The lowest BCUT2D eigenvalue weighted by Crippen LogP contribution is -1.98. The molecule has 5 heteroatoms. The van der Waals surface area contributed by atoms with Crippen LogP contribution in [0.2, 0.25) is 0 Å². The Labute approximate surface area is 129 Å². The van der Waals surface area contributed by atoms with Crippen molar-refractivity contribution in [2.75, 3.05) is 12.4 Å². The lowest BCUT2D eigenvalue weighted by molar-refractivity contribution is 0.464. The van der Waals surface area contributed by atoms with E-state index in [-0.39, 0.29) is 0 Å². The van der Waals surface area contributed by atoms with Crippen molar-refractivity contribution in [1.82, 2.24) is 15.0 Å². The molecule has 5 nitrogen and oxygen atoms in total. The number of benzene rings is 1. The minimum Gasteiger partial charge on any atom is -0.438 e. The number of nitrogens with one attached hydrogen (secondary N) is 1. The van der Waals surface area contributed by atoms with Gasteiger partial charge < -0.3 is 10.1 Å². The zero-order valence-corrected chi connectivity index (χ0v) is 12.4. The van der Waals surface area contributed by atoms with E-state index in [1.165, 1.54) is 5.56 Å². The van der Waals surface area contributed by atoms with Crippen molar-refractivity contribution in [3.63, 3.8) is 0 Å². The molecular formula is C17H16N4O. The molecule has 0 saturated carbocycles. The van der Waals surface area contributed by atoms with Crippen LogP contribution in [0, 0.1) is 6.92 Å². The number of ether oxygens (including phenoxy) is 1.